The van der Waals surface area contributed by atoms with E-state index in [0.717, 1.165) is 25.6 Å². The second-order valence-electron chi connectivity index (χ2n) is 6.89. The lowest BCUT2D eigenvalue weighted by molar-refractivity contribution is 0.0265. The van der Waals surface area contributed by atoms with Gasteiger partial charge in [0.2, 0.25) is 0 Å². The summed E-state index contributed by atoms with van der Waals surface area (Å²) in [4.78, 5) is 4.97. The molecular formula is C16H33N3O. The summed E-state index contributed by atoms with van der Waals surface area (Å²) in [5, 5.41) is 3.47. The van der Waals surface area contributed by atoms with Crippen LogP contribution in [0.1, 0.15) is 33.1 Å². The Morgan fingerprint density at radius 3 is 2.60 bits per heavy atom. The fraction of sp³-hybridized carbons (Fsp3) is 1.00. The summed E-state index contributed by atoms with van der Waals surface area (Å²) in [6, 6.07) is 0.707. The van der Waals surface area contributed by atoms with E-state index in [0.29, 0.717) is 18.2 Å². The molecule has 0 amide bonds. The molecule has 2 fully saturated rings. The molecule has 0 aromatic heterocycles. The van der Waals surface area contributed by atoms with Gasteiger partial charge in [-0.15, -0.1) is 0 Å². The molecule has 4 unspecified atom stereocenters. The van der Waals surface area contributed by atoms with Gasteiger partial charge in [-0.1, -0.05) is 13.8 Å². The van der Waals surface area contributed by atoms with Crippen molar-refractivity contribution >= 4 is 0 Å². The third-order valence-electron chi connectivity index (χ3n) is 4.77. The Labute approximate surface area is 124 Å². The predicted molar refractivity (Wildman–Crippen MR) is 84.1 cm³/mol. The van der Waals surface area contributed by atoms with Crippen molar-refractivity contribution in [3.05, 3.63) is 0 Å². The van der Waals surface area contributed by atoms with Crippen LogP contribution in [0.25, 0.3) is 0 Å². The zero-order valence-corrected chi connectivity index (χ0v) is 13.8. The molecule has 2 rings (SSSR count). The molecule has 0 aromatic carbocycles. The predicted octanol–water partition coefficient (Wildman–Crippen LogP) is 1.42. The average Bonchev–Trinajstić information content (AvgIpc) is 2.97. The third-order valence-corrected chi connectivity index (χ3v) is 4.77. The van der Waals surface area contributed by atoms with E-state index in [-0.39, 0.29) is 0 Å². The summed E-state index contributed by atoms with van der Waals surface area (Å²) in [6.45, 7) is 10.3. The Hall–Kier alpha value is -0.160. The zero-order valence-electron chi connectivity index (χ0n) is 13.8. The van der Waals surface area contributed by atoms with Crippen molar-refractivity contribution in [2.45, 2.75) is 51.4 Å². The molecule has 0 spiro atoms. The Bertz CT molecular complexity index is 285. The van der Waals surface area contributed by atoms with Crippen molar-refractivity contribution in [1.29, 1.82) is 0 Å². The molecule has 0 radical (unpaired) electrons. The van der Waals surface area contributed by atoms with Gasteiger partial charge in [-0.25, -0.2) is 0 Å². The molecule has 2 aliphatic heterocycles. The molecule has 2 saturated heterocycles. The summed E-state index contributed by atoms with van der Waals surface area (Å²) in [7, 11) is 4.40. The van der Waals surface area contributed by atoms with Gasteiger partial charge >= 0.3 is 0 Å². The van der Waals surface area contributed by atoms with Crippen molar-refractivity contribution in [2.75, 3.05) is 46.8 Å². The van der Waals surface area contributed by atoms with E-state index >= 15 is 0 Å². The van der Waals surface area contributed by atoms with E-state index in [1.807, 2.05) is 0 Å². The molecule has 4 heteroatoms. The smallest absolute Gasteiger partial charge is 0.0707 e. The van der Waals surface area contributed by atoms with Gasteiger partial charge in [-0.3, -0.25) is 4.90 Å². The lowest BCUT2D eigenvalue weighted by Crippen LogP contribution is -2.36. The van der Waals surface area contributed by atoms with E-state index in [9.17, 15) is 0 Å². The first-order chi connectivity index (χ1) is 9.60. The minimum atomic E-state index is 0.441. The fourth-order valence-electron chi connectivity index (χ4n) is 3.66. The Morgan fingerprint density at radius 1 is 1.20 bits per heavy atom. The van der Waals surface area contributed by atoms with Crippen LogP contribution in [0.3, 0.4) is 0 Å². The van der Waals surface area contributed by atoms with E-state index in [1.165, 1.54) is 32.4 Å². The number of likely N-dealkylation sites (N-methyl/N-ethyl adjacent to an activating group) is 1. The molecule has 2 heterocycles. The summed E-state index contributed by atoms with van der Waals surface area (Å²) in [5.74, 6) is 0.772. The molecule has 4 atom stereocenters. The fourth-order valence-corrected chi connectivity index (χ4v) is 3.66. The van der Waals surface area contributed by atoms with Crippen molar-refractivity contribution in [2.24, 2.45) is 5.92 Å². The van der Waals surface area contributed by atoms with Gasteiger partial charge in [0, 0.05) is 32.2 Å². The lowest BCUT2D eigenvalue weighted by Gasteiger charge is -2.23. The first-order valence-electron chi connectivity index (χ1n) is 8.35. The quantitative estimate of drug-likeness (QED) is 0.715. The van der Waals surface area contributed by atoms with Gasteiger partial charge in [0.25, 0.3) is 0 Å². The third kappa shape index (κ3) is 4.42. The zero-order chi connectivity index (χ0) is 14.5. The number of ether oxygens (including phenoxy) is 1. The molecule has 0 saturated carbocycles. The van der Waals surface area contributed by atoms with Gasteiger partial charge in [0.15, 0.2) is 0 Å². The largest absolute Gasteiger partial charge is 0.372 e. The average molecular weight is 283 g/mol. The number of likely N-dealkylation sites (tertiary alicyclic amines) is 1. The maximum absolute atomic E-state index is 6.18. The number of rotatable bonds is 7. The minimum absolute atomic E-state index is 0.441. The highest BCUT2D eigenvalue weighted by Crippen LogP contribution is 2.24. The van der Waals surface area contributed by atoms with Crippen LogP contribution in [0, 0.1) is 5.92 Å². The summed E-state index contributed by atoms with van der Waals surface area (Å²) in [6.07, 6.45) is 4.55. The highest BCUT2D eigenvalue weighted by Gasteiger charge is 2.34. The van der Waals surface area contributed by atoms with Crippen LogP contribution < -0.4 is 5.32 Å². The lowest BCUT2D eigenvalue weighted by atomic mass is 10.1. The molecule has 0 bridgehead atoms. The minimum Gasteiger partial charge on any atom is -0.372 e. The van der Waals surface area contributed by atoms with Gasteiger partial charge in [-0.2, -0.15) is 0 Å². The molecule has 118 valence electrons. The maximum atomic E-state index is 6.18. The van der Waals surface area contributed by atoms with Gasteiger partial charge < -0.3 is 15.0 Å². The number of nitrogens with zero attached hydrogens (tertiary/aromatic N) is 2. The highest BCUT2D eigenvalue weighted by atomic mass is 16.5. The van der Waals surface area contributed by atoms with Crippen LogP contribution in [0.5, 0.6) is 0 Å². The normalized spacial score (nSPS) is 35.2. The van der Waals surface area contributed by atoms with Gasteiger partial charge in [0.1, 0.15) is 0 Å². The Balaban J connectivity index is 1.68. The van der Waals surface area contributed by atoms with Crippen LogP contribution in [0.2, 0.25) is 0 Å². The SMILES string of the molecule is CCCNCC1CCC(CN2CC(C)C(N(C)C)C2)O1. The van der Waals surface area contributed by atoms with E-state index in [1.54, 1.807) is 0 Å². The Morgan fingerprint density at radius 2 is 1.95 bits per heavy atom. The molecule has 4 nitrogen and oxygen atoms in total. The summed E-state index contributed by atoms with van der Waals surface area (Å²) < 4.78 is 6.18. The first-order valence-corrected chi connectivity index (χ1v) is 8.35. The van der Waals surface area contributed by atoms with Crippen molar-refractivity contribution in [3.8, 4) is 0 Å². The van der Waals surface area contributed by atoms with E-state index in [4.69, 9.17) is 4.74 Å². The summed E-state index contributed by atoms with van der Waals surface area (Å²) in [5.41, 5.74) is 0. The second kappa shape index (κ2) is 7.74. The van der Waals surface area contributed by atoms with E-state index in [2.05, 4.69) is 43.1 Å². The van der Waals surface area contributed by atoms with Crippen LogP contribution in [0.15, 0.2) is 0 Å². The van der Waals surface area contributed by atoms with Gasteiger partial charge in [-0.05, 0) is 45.8 Å². The molecule has 2 aliphatic rings. The molecule has 20 heavy (non-hydrogen) atoms. The molecular weight excluding hydrogens is 250 g/mol. The topological polar surface area (TPSA) is 27.7 Å². The highest BCUT2D eigenvalue weighted by molar-refractivity contribution is 4.88. The maximum Gasteiger partial charge on any atom is 0.0707 e. The monoisotopic (exact) mass is 283 g/mol. The van der Waals surface area contributed by atoms with Gasteiger partial charge in [0.05, 0.1) is 12.2 Å². The van der Waals surface area contributed by atoms with Crippen molar-refractivity contribution < 1.29 is 4.74 Å². The number of hydrogen-bond donors (Lipinski definition) is 1. The second-order valence-corrected chi connectivity index (χ2v) is 6.89. The van der Waals surface area contributed by atoms with Crippen LogP contribution in [-0.2, 0) is 4.74 Å². The number of hydrogen-bond acceptors (Lipinski definition) is 4. The molecule has 0 aromatic rings. The first kappa shape index (κ1) is 16.2. The van der Waals surface area contributed by atoms with Crippen LogP contribution in [-0.4, -0.2) is 74.9 Å². The summed E-state index contributed by atoms with van der Waals surface area (Å²) >= 11 is 0. The molecule has 0 aliphatic carbocycles. The Kier molecular flexibility index (Phi) is 6.27. The van der Waals surface area contributed by atoms with Crippen molar-refractivity contribution in [3.63, 3.8) is 0 Å². The van der Waals surface area contributed by atoms with Crippen LogP contribution >= 0.6 is 0 Å². The molecule has 1 N–H and O–H groups in total. The number of nitrogens with one attached hydrogen (secondary N) is 1. The van der Waals surface area contributed by atoms with Crippen LogP contribution in [0.4, 0.5) is 0 Å². The van der Waals surface area contributed by atoms with E-state index < -0.39 is 0 Å². The van der Waals surface area contributed by atoms with Crippen molar-refractivity contribution in [1.82, 2.24) is 15.1 Å². The standard InChI is InChI=1S/C16H33N3O/c1-5-8-17-9-14-6-7-15(20-14)11-19-10-13(2)16(12-19)18(3)4/h13-17H,5-12H2,1-4H3.